The van der Waals surface area contributed by atoms with Gasteiger partial charge in [-0.25, -0.2) is 0 Å². The zero-order valence-electron chi connectivity index (χ0n) is 12.8. The highest BCUT2D eigenvalue weighted by Gasteiger charge is 2.32. The Kier molecular flexibility index (Phi) is 4.48. The van der Waals surface area contributed by atoms with Gasteiger partial charge in [-0.05, 0) is 49.4 Å². The highest BCUT2D eigenvalue weighted by molar-refractivity contribution is 6.00. The van der Waals surface area contributed by atoms with Crippen LogP contribution in [-0.4, -0.2) is 24.6 Å². The van der Waals surface area contributed by atoms with Gasteiger partial charge in [-0.2, -0.15) is 0 Å². The Morgan fingerprint density at radius 1 is 1.25 bits per heavy atom. The normalized spacial score (nSPS) is 16.8. The van der Waals surface area contributed by atoms with Gasteiger partial charge in [0.25, 0.3) is 0 Å². The Morgan fingerprint density at radius 3 is 2.30 bits per heavy atom. The number of Topliss-reactive ketones (excluding diaryl/α,β-unsaturated/α-hetero) is 1. The van der Waals surface area contributed by atoms with Crippen LogP contribution >= 0.6 is 0 Å². The van der Waals surface area contributed by atoms with Gasteiger partial charge in [0.05, 0.1) is 6.10 Å². The third kappa shape index (κ3) is 3.83. The maximum absolute atomic E-state index is 12.6. The summed E-state index contributed by atoms with van der Waals surface area (Å²) in [6, 6.07) is 7.41. The van der Waals surface area contributed by atoms with Crippen LogP contribution < -0.4 is 4.74 Å². The molecule has 1 unspecified atom stereocenters. The van der Waals surface area contributed by atoms with Crippen molar-refractivity contribution < 1.29 is 14.3 Å². The van der Waals surface area contributed by atoms with E-state index in [1.165, 1.54) is 0 Å². The summed E-state index contributed by atoms with van der Waals surface area (Å²) in [5, 5.41) is 0. The van der Waals surface area contributed by atoms with Crippen molar-refractivity contribution in [3.8, 4) is 5.75 Å². The molecule has 0 bridgehead atoms. The lowest BCUT2D eigenvalue weighted by atomic mass is 9.84. The predicted molar refractivity (Wildman–Crippen MR) is 79.3 cm³/mol. The van der Waals surface area contributed by atoms with Gasteiger partial charge in [-0.15, -0.1) is 0 Å². The van der Waals surface area contributed by atoms with Gasteiger partial charge in [0, 0.05) is 12.2 Å². The number of carbonyl (C=O) groups excluding carboxylic acids is 1. The van der Waals surface area contributed by atoms with E-state index in [1.807, 2.05) is 52.0 Å². The van der Waals surface area contributed by atoms with Gasteiger partial charge in [-0.1, -0.05) is 20.8 Å². The maximum Gasteiger partial charge on any atom is 0.192 e. The standard InChI is InChI=1S/C17H24O3/c1-5-19-16(17(2,3)4)15(18)12-6-8-13(9-7-12)20-14-10-11-14/h6-9,14,16H,5,10-11H2,1-4H3. The average Bonchev–Trinajstić information content (AvgIpc) is 3.19. The lowest BCUT2D eigenvalue weighted by Crippen LogP contribution is -2.37. The molecular formula is C17H24O3. The van der Waals surface area contributed by atoms with E-state index in [2.05, 4.69) is 0 Å². The molecule has 0 aromatic heterocycles. The molecule has 2 rings (SSSR count). The van der Waals surface area contributed by atoms with Gasteiger partial charge in [0.15, 0.2) is 5.78 Å². The summed E-state index contributed by atoms with van der Waals surface area (Å²) in [4.78, 5) is 12.6. The predicted octanol–water partition coefficient (Wildman–Crippen LogP) is 3.86. The van der Waals surface area contributed by atoms with Crippen molar-refractivity contribution in [1.29, 1.82) is 0 Å². The molecule has 1 aromatic rings. The van der Waals surface area contributed by atoms with Crippen molar-refractivity contribution in [2.75, 3.05) is 6.61 Å². The molecule has 1 fully saturated rings. The Hall–Kier alpha value is -1.35. The van der Waals surface area contributed by atoms with E-state index >= 15 is 0 Å². The molecular weight excluding hydrogens is 252 g/mol. The SMILES string of the molecule is CCOC(C(=O)c1ccc(OC2CC2)cc1)C(C)(C)C. The van der Waals surface area contributed by atoms with E-state index in [-0.39, 0.29) is 11.2 Å². The minimum Gasteiger partial charge on any atom is -0.490 e. The summed E-state index contributed by atoms with van der Waals surface area (Å²) >= 11 is 0. The molecule has 1 aliphatic rings. The Balaban J connectivity index is 2.09. The fourth-order valence-corrected chi connectivity index (χ4v) is 2.11. The quantitative estimate of drug-likeness (QED) is 0.740. The Labute approximate surface area is 121 Å². The van der Waals surface area contributed by atoms with Gasteiger partial charge in [0.1, 0.15) is 11.9 Å². The van der Waals surface area contributed by atoms with Crippen molar-refractivity contribution in [2.24, 2.45) is 5.41 Å². The second-order valence-electron chi connectivity index (χ2n) is 6.41. The van der Waals surface area contributed by atoms with E-state index in [0.29, 0.717) is 18.3 Å². The molecule has 110 valence electrons. The monoisotopic (exact) mass is 276 g/mol. The third-order valence-electron chi connectivity index (χ3n) is 3.32. The number of hydrogen-bond acceptors (Lipinski definition) is 3. The molecule has 1 aliphatic carbocycles. The topological polar surface area (TPSA) is 35.5 Å². The van der Waals surface area contributed by atoms with Gasteiger partial charge in [0.2, 0.25) is 0 Å². The molecule has 0 N–H and O–H groups in total. The summed E-state index contributed by atoms with van der Waals surface area (Å²) in [5.74, 6) is 0.880. The zero-order chi connectivity index (χ0) is 14.8. The summed E-state index contributed by atoms with van der Waals surface area (Å²) < 4.78 is 11.3. The first-order valence-corrected chi connectivity index (χ1v) is 7.34. The second-order valence-corrected chi connectivity index (χ2v) is 6.41. The Morgan fingerprint density at radius 2 is 1.85 bits per heavy atom. The Bertz CT molecular complexity index is 452. The fourth-order valence-electron chi connectivity index (χ4n) is 2.11. The number of ketones is 1. The van der Waals surface area contributed by atoms with Crippen LogP contribution in [0.25, 0.3) is 0 Å². The van der Waals surface area contributed by atoms with E-state index in [9.17, 15) is 4.79 Å². The van der Waals surface area contributed by atoms with Gasteiger partial charge < -0.3 is 9.47 Å². The van der Waals surface area contributed by atoms with Crippen LogP contribution in [0.1, 0.15) is 50.9 Å². The van der Waals surface area contributed by atoms with E-state index in [0.717, 1.165) is 18.6 Å². The van der Waals surface area contributed by atoms with Crippen molar-refractivity contribution in [1.82, 2.24) is 0 Å². The molecule has 1 aromatic carbocycles. The molecule has 3 heteroatoms. The maximum atomic E-state index is 12.6. The minimum absolute atomic E-state index is 0.0392. The van der Waals surface area contributed by atoms with E-state index < -0.39 is 6.10 Å². The molecule has 20 heavy (non-hydrogen) atoms. The highest BCUT2D eigenvalue weighted by Crippen LogP contribution is 2.28. The summed E-state index contributed by atoms with van der Waals surface area (Å²) in [6.07, 6.45) is 2.24. The number of hydrogen-bond donors (Lipinski definition) is 0. The van der Waals surface area contributed by atoms with Crippen LogP contribution in [-0.2, 0) is 4.74 Å². The summed E-state index contributed by atoms with van der Waals surface area (Å²) in [5.41, 5.74) is 0.470. The summed E-state index contributed by atoms with van der Waals surface area (Å²) in [7, 11) is 0. The number of carbonyl (C=O) groups is 1. The molecule has 0 radical (unpaired) electrons. The number of ether oxygens (including phenoxy) is 2. The van der Waals surface area contributed by atoms with Crippen LogP contribution in [0.5, 0.6) is 5.75 Å². The first-order valence-electron chi connectivity index (χ1n) is 7.34. The minimum atomic E-state index is -0.414. The number of rotatable bonds is 6. The lowest BCUT2D eigenvalue weighted by molar-refractivity contribution is -0.000221. The van der Waals surface area contributed by atoms with Crippen molar-refractivity contribution in [3.63, 3.8) is 0 Å². The first-order chi connectivity index (χ1) is 9.41. The third-order valence-corrected chi connectivity index (χ3v) is 3.32. The average molecular weight is 276 g/mol. The molecule has 3 nitrogen and oxygen atoms in total. The van der Waals surface area contributed by atoms with Crippen molar-refractivity contribution in [2.45, 2.75) is 52.7 Å². The molecule has 0 saturated heterocycles. The molecule has 0 spiro atoms. The molecule has 0 aliphatic heterocycles. The molecule has 1 saturated carbocycles. The molecule has 0 amide bonds. The largest absolute Gasteiger partial charge is 0.490 e. The van der Waals surface area contributed by atoms with Gasteiger partial charge >= 0.3 is 0 Å². The van der Waals surface area contributed by atoms with Crippen molar-refractivity contribution in [3.05, 3.63) is 29.8 Å². The molecule has 1 atom stereocenters. The van der Waals surface area contributed by atoms with Crippen LogP contribution in [0.4, 0.5) is 0 Å². The van der Waals surface area contributed by atoms with E-state index in [4.69, 9.17) is 9.47 Å². The van der Waals surface area contributed by atoms with Gasteiger partial charge in [-0.3, -0.25) is 4.79 Å². The van der Waals surface area contributed by atoms with Crippen LogP contribution in [0, 0.1) is 5.41 Å². The van der Waals surface area contributed by atoms with Crippen LogP contribution in [0.2, 0.25) is 0 Å². The zero-order valence-corrected chi connectivity index (χ0v) is 12.8. The highest BCUT2D eigenvalue weighted by atomic mass is 16.5. The smallest absolute Gasteiger partial charge is 0.192 e. The molecule has 0 heterocycles. The summed E-state index contributed by atoms with van der Waals surface area (Å²) in [6.45, 7) is 8.52. The van der Waals surface area contributed by atoms with E-state index in [1.54, 1.807) is 0 Å². The number of benzene rings is 1. The first kappa shape index (κ1) is 15.0. The second kappa shape index (κ2) is 5.96. The van der Waals surface area contributed by atoms with Crippen molar-refractivity contribution >= 4 is 5.78 Å². The van der Waals surface area contributed by atoms with Crippen LogP contribution in [0.15, 0.2) is 24.3 Å². The fraction of sp³-hybridized carbons (Fsp3) is 0.588. The lowest BCUT2D eigenvalue weighted by Gasteiger charge is -2.29. The van der Waals surface area contributed by atoms with Crippen LogP contribution in [0.3, 0.4) is 0 Å².